The maximum atomic E-state index is 11.3. The van der Waals surface area contributed by atoms with Crippen molar-refractivity contribution in [3.63, 3.8) is 0 Å². The van der Waals surface area contributed by atoms with Crippen LogP contribution in [0.15, 0.2) is 18.5 Å². The molecule has 0 atom stereocenters. The first-order valence-electron chi connectivity index (χ1n) is 1.93. The molecule has 0 aromatic carbocycles. The summed E-state index contributed by atoms with van der Waals surface area (Å²) >= 11 is 0. The Hall–Kier alpha value is -0.990. The lowest BCUT2D eigenvalue weighted by Gasteiger charge is -1.80. The van der Waals surface area contributed by atoms with Crippen molar-refractivity contribution in [2.75, 3.05) is 5.54 Å². The number of aromatic nitrogens is 1. The van der Waals surface area contributed by atoms with E-state index in [-0.39, 0.29) is 0 Å². The summed E-state index contributed by atoms with van der Waals surface area (Å²) in [4.78, 5) is 2.68. The van der Waals surface area contributed by atoms with Crippen LogP contribution >= 0.6 is 0 Å². The normalized spacial score (nSPS) is 8.71. The van der Waals surface area contributed by atoms with E-state index in [9.17, 15) is 4.48 Å². The number of hydrogen-bond acceptors (Lipinski definition) is 1. The van der Waals surface area contributed by atoms with Gasteiger partial charge in [0.1, 0.15) is 0 Å². The molecule has 1 heterocycles. The van der Waals surface area contributed by atoms with E-state index in [4.69, 9.17) is 0 Å². The molecule has 0 aliphatic carbocycles. The zero-order valence-electron chi connectivity index (χ0n) is 3.61. The van der Waals surface area contributed by atoms with Gasteiger partial charge in [0, 0.05) is 12.4 Å². The van der Waals surface area contributed by atoms with E-state index >= 15 is 0 Å². The van der Waals surface area contributed by atoms with Gasteiger partial charge in [0.2, 0.25) is 0 Å². The predicted octanol–water partition coefficient (Wildman–Crippen LogP) is 1.31. The smallest absolute Gasteiger partial charge is 0.0829 e. The van der Waals surface area contributed by atoms with E-state index < -0.39 is 0 Å². The highest BCUT2D eigenvalue weighted by atomic mass is 19.2. The molecule has 1 aromatic heterocycles. The van der Waals surface area contributed by atoms with Crippen LogP contribution in [0.4, 0.5) is 10.2 Å². The molecule has 0 spiro atoms. The van der Waals surface area contributed by atoms with Gasteiger partial charge in [-0.25, -0.2) is 5.54 Å². The number of aromatic amines is 1. The van der Waals surface area contributed by atoms with E-state index in [1.54, 1.807) is 12.3 Å². The molecule has 7 heavy (non-hydrogen) atoms. The maximum absolute atomic E-state index is 11.3. The van der Waals surface area contributed by atoms with Gasteiger partial charge >= 0.3 is 0 Å². The molecule has 1 aromatic rings. The van der Waals surface area contributed by atoms with Gasteiger partial charge in [-0.05, 0) is 6.07 Å². The Morgan fingerprint density at radius 1 is 1.71 bits per heavy atom. The third-order valence-electron chi connectivity index (χ3n) is 0.707. The molecule has 0 aliphatic rings. The minimum atomic E-state index is 0.458. The maximum Gasteiger partial charge on any atom is 0.0829 e. The lowest BCUT2D eigenvalue weighted by Crippen LogP contribution is -1.72. The molecule has 0 amide bonds. The zero-order chi connectivity index (χ0) is 5.11. The van der Waals surface area contributed by atoms with Crippen molar-refractivity contribution < 1.29 is 4.48 Å². The molecule has 0 saturated carbocycles. The third-order valence-corrected chi connectivity index (χ3v) is 0.707. The summed E-state index contributed by atoms with van der Waals surface area (Å²) in [5.74, 6) is 0. The van der Waals surface area contributed by atoms with Crippen LogP contribution in [0, 0.1) is 0 Å². The van der Waals surface area contributed by atoms with Crippen molar-refractivity contribution in [2.24, 2.45) is 0 Å². The van der Waals surface area contributed by atoms with Gasteiger partial charge in [0.25, 0.3) is 0 Å². The number of anilines is 1. The van der Waals surface area contributed by atoms with Gasteiger partial charge < -0.3 is 4.98 Å². The molecule has 2 N–H and O–H groups in total. The van der Waals surface area contributed by atoms with Crippen molar-refractivity contribution in [3.05, 3.63) is 18.5 Å². The molecular weight excluding hydrogens is 95.1 g/mol. The molecule has 0 unspecified atom stereocenters. The first kappa shape index (κ1) is 4.18. The molecule has 0 fully saturated rings. The Balaban J connectivity index is 2.76. The number of halogens is 1. The third kappa shape index (κ3) is 0.707. The van der Waals surface area contributed by atoms with Crippen LogP contribution in [0.25, 0.3) is 0 Å². The van der Waals surface area contributed by atoms with Crippen LogP contribution < -0.4 is 5.54 Å². The minimum Gasteiger partial charge on any atom is -0.366 e. The van der Waals surface area contributed by atoms with Gasteiger partial charge in [-0.3, -0.25) is 0 Å². The number of rotatable bonds is 1. The van der Waals surface area contributed by atoms with Crippen molar-refractivity contribution >= 4 is 5.69 Å². The first-order valence-corrected chi connectivity index (χ1v) is 1.93. The van der Waals surface area contributed by atoms with Crippen LogP contribution in [0.2, 0.25) is 0 Å². The highest BCUT2D eigenvalue weighted by Crippen LogP contribution is 2.01. The molecule has 2 nitrogen and oxygen atoms in total. The second kappa shape index (κ2) is 1.64. The van der Waals surface area contributed by atoms with Crippen LogP contribution in [0.1, 0.15) is 0 Å². The van der Waals surface area contributed by atoms with Gasteiger partial charge in [0.15, 0.2) is 0 Å². The summed E-state index contributed by atoms with van der Waals surface area (Å²) in [5, 5.41) is 0. The Kier molecular flexibility index (Phi) is 0.978. The number of hydrogen-bond donors (Lipinski definition) is 2. The highest BCUT2D eigenvalue weighted by Gasteiger charge is 1.82. The fourth-order valence-corrected chi connectivity index (χ4v) is 0.383. The number of H-pyrrole nitrogens is 1. The largest absolute Gasteiger partial charge is 0.366 e. The second-order valence-electron chi connectivity index (χ2n) is 1.19. The topological polar surface area (TPSA) is 27.8 Å². The van der Waals surface area contributed by atoms with E-state index in [1.165, 1.54) is 11.7 Å². The number of nitrogens with one attached hydrogen (secondary N) is 2. The molecular formula is C4H5FN2. The lowest BCUT2D eigenvalue weighted by atomic mass is 10.6. The van der Waals surface area contributed by atoms with Crippen LogP contribution in [-0.2, 0) is 0 Å². The Bertz CT molecular complexity index is 124. The summed E-state index contributed by atoms with van der Waals surface area (Å²) in [5.41, 5.74) is 1.93. The molecule has 0 aliphatic heterocycles. The zero-order valence-corrected chi connectivity index (χ0v) is 3.61. The minimum absolute atomic E-state index is 0.458. The monoisotopic (exact) mass is 100 g/mol. The molecule has 1 rings (SSSR count). The van der Waals surface area contributed by atoms with Crippen molar-refractivity contribution in [3.8, 4) is 0 Å². The summed E-state index contributed by atoms with van der Waals surface area (Å²) in [7, 11) is 0. The summed E-state index contributed by atoms with van der Waals surface area (Å²) in [6.45, 7) is 0. The summed E-state index contributed by atoms with van der Waals surface area (Å²) in [6, 6.07) is 1.60. The van der Waals surface area contributed by atoms with Crippen molar-refractivity contribution in [1.82, 2.24) is 4.98 Å². The lowest BCUT2D eigenvalue weighted by molar-refractivity contribution is 0.618. The molecule has 3 heteroatoms. The Morgan fingerprint density at radius 2 is 2.57 bits per heavy atom. The highest BCUT2D eigenvalue weighted by molar-refractivity contribution is 5.37. The Labute approximate surface area is 40.3 Å². The fraction of sp³-hybridized carbons (Fsp3) is 0. The quantitative estimate of drug-likeness (QED) is 0.511. The molecule has 0 radical (unpaired) electrons. The van der Waals surface area contributed by atoms with E-state index in [2.05, 4.69) is 4.98 Å². The predicted molar refractivity (Wildman–Crippen MR) is 25.5 cm³/mol. The van der Waals surface area contributed by atoms with Gasteiger partial charge in [-0.1, -0.05) is 0 Å². The molecule has 38 valence electrons. The summed E-state index contributed by atoms with van der Waals surface area (Å²) in [6.07, 6.45) is 3.17. The van der Waals surface area contributed by atoms with Gasteiger partial charge in [-0.2, -0.15) is 0 Å². The first-order chi connectivity index (χ1) is 3.43. The standard InChI is InChI=1S/C4H5FN2/c5-7-4-1-2-6-3-4/h1-3,6-7H. The SMILES string of the molecule is FNc1cc[nH]c1. The van der Waals surface area contributed by atoms with E-state index in [0.29, 0.717) is 5.69 Å². The van der Waals surface area contributed by atoms with Crippen molar-refractivity contribution in [2.45, 2.75) is 0 Å². The molecule has 0 saturated heterocycles. The molecule has 0 bridgehead atoms. The second-order valence-corrected chi connectivity index (χ2v) is 1.19. The van der Waals surface area contributed by atoms with Crippen LogP contribution in [0.5, 0.6) is 0 Å². The van der Waals surface area contributed by atoms with Gasteiger partial charge in [-0.15, -0.1) is 4.48 Å². The van der Waals surface area contributed by atoms with Crippen LogP contribution in [-0.4, -0.2) is 4.98 Å². The van der Waals surface area contributed by atoms with E-state index in [0.717, 1.165) is 0 Å². The average Bonchev–Trinajstić information content (AvgIpc) is 2.14. The fourth-order valence-electron chi connectivity index (χ4n) is 0.383. The summed E-state index contributed by atoms with van der Waals surface area (Å²) < 4.78 is 11.3. The average molecular weight is 100 g/mol. The Morgan fingerprint density at radius 3 is 2.86 bits per heavy atom. The van der Waals surface area contributed by atoms with Crippen LogP contribution in [0.3, 0.4) is 0 Å². The van der Waals surface area contributed by atoms with Gasteiger partial charge in [0.05, 0.1) is 5.69 Å². The van der Waals surface area contributed by atoms with E-state index in [1.807, 2.05) is 0 Å². The van der Waals surface area contributed by atoms with Crippen molar-refractivity contribution in [1.29, 1.82) is 0 Å².